The highest BCUT2D eigenvalue weighted by Gasteiger charge is 2.68. The van der Waals surface area contributed by atoms with Crippen molar-refractivity contribution in [2.45, 2.75) is 109 Å². The summed E-state index contributed by atoms with van der Waals surface area (Å²) in [6.45, 7) is 9.09. The maximum Gasteiger partial charge on any atom is 0.159 e. The lowest BCUT2D eigenvalue weighted by Gasteiger charge is -2.59. The van der Waals surface area contributed by atoms with Crippen LogP contribution in [0.15, 0.2) is 23.8 Å². The quantitative estimate of drug-likeness (QED) is 0.401. The third-order valence-electron chi connectivity index (χ3n) is 10.0. The van der Waals surface area contributed by atoms with Crippen LogP contribution in [0.4, 0.5) is 0 Å². The standard InChI is InChI=1S/C27H42O6/c1-23(2,31)10-9-22(30)26(5,32)21-8-13-27(33)18-15-20(29)19-14-16(28)6-11-24(19,3)17(18)7-12-25(21,27)4/h6,11,15-17,19,21-22,28,30-33H,7-10,12-14H2,1-5H3/t16-,17-,19-,21-,22+,24+,25+,26+,27+/m0/s1. The van der Waals surface area contributed by atoms with E-state index in [0.717, 1.165) is 12.0 Å². The Bertz CT molecular complexity index is 868. The predicted molar refractivity (Wildman–Crippen MR) is 125 cm³/mol. The summed E-state index contributed by atoms with van der Waals surface area (Å²) >= 11 is 0. The summed E-state index contributed by atoms with van der Waals surface area (Å²) in [4.78, 5) is 13.2. The number of hydrogen-bond donors (Lipinski definition) is 5. The van der Waals surface area contributed by atoms with Crippen molar-refractivity contribution in [3.05, 3.63) is 23.8 Å². The van der Waals surface area contributed by atoms with E-state index in [1.807, 2.05) is 13.0 Å². The van der Waals surface area contributed by atoms with Gasteiger partial charge in [0.25, 0.3) is 0 Å². The number of allylic oxidation sites excluding steroid dienone is 2. The monoisotopic (exact) mass is 462 g/mol. The average Bonchev–Trinajstić information content (AvgIpc) is 2.99. The second-order valence-electron chi connectivity index (χ2n) is 12.6. The van der Waals surface area contributed by atoms with E-state index in [-0.39, 0.29) is 30.0 Å². The molecule has 0 radical (unpaired) electrons. The van der Waals surface area contributed by atoms with Gasteiger partial charge in [0.1, 0.15) is 0 Å². The molecule has 0 spiro atoms. The number of ketones is 1. The lowest BCUT2D eigenvalue weighted by Crippen LogP contribution is -2.61. The molecule has 2 saturated carbocycles. The average molecular weight is 463 g/mol. The molecule has 6 heteroatoms. The van der Waals surface area contributed by atoms with Crippen molar-refractivity contribution in [2.24, 2.45) is 28.6 Å². The molecule has 0 saturated heterocycles. The Morgan fingerprint density at radius 3 is 2.42 bits per heavy atom. The molecule has 5 N–H and O–H groups in total. The molecule has 4 rings (SSSR count). The molecule has 186 valence electrons. The normalized spacial score (nSPS) is 45.5. The van der Waals surface area contributed by atoms with Gasteiger partial charge < -0.3 is 25.5 Å². The fourth-order valence-electron chi connectivity index (χ4n) is 7.85. The molecule has 0 unspecified atom stereocenters. The molecule has 4 aliphatic carbocycles. The Morgan fingerprint density at radius 1 is 1.12 bits per heavy atom. The van der Waals surface area contributed by atoms with Gasteiger partial charge in [-0.2, -0.15) is 0 Å². The van der Waals surface area contributed by atoms with E-state index in [9.17, 15) is 30.3 Å². The number of carbonyl (C=O) groups excluding carboxylic acids is 1. The van der Waals surface area contributed by atoms with Gasteiger partial charge in [0, 0.05) is 16.7 Å². The van der Waals surface area contributed by atoms with Crippen LogP contribution in [0.3, 0.4) is 0 Å². The largest absolute Gasteiger partial charge is 0.390 e. The summed E-state index contributed by atoms with van der Waals surface area (Å²) in [7, 11) is 0. The molecule has 0 heterocycles. The van der Waals surface area contributed by atoms with Crippen LogP contribution in [0.1, 0.15) is 79.6 Å². The van der Waals surface area contributed by atoms with Gasteiger partial charge in [0.2, 0.25) is 0 Å². The van der Waals surface area contributed by atoms with Gasteiger partial charge in [0.05, 0.1) is 29.0 Å². The molecule has 4 aliphatic rings. The number of aliphatic hydroxyl groups is 5. The molecule has 0 amide bonds. The molecule has 0 bridgehead atoms. The lowest BCUT2D eigenvalue weighted by atomic mass is 9.47. The van der Waals surface area contributed by atoms with E-state index in [4.69, 9.17) is 0 Å². The van der Waals surface area contributed by atoms with Crippen molar-refractivity contribution in [3.63, 3.8) is 0 Å². The van der Waals surface area contributed by atoms with Gasteiger partial charge in [-0.3, -0.25) is 4.79 Å². The van der Waals surface area contributed by atoms with Crippen LogP contribution in [-0.2, 0) is 4.79 Å². The van der Waals surface area contributed by atoms with Gasteiger partial charge in [0.15, 0.2) is 5.78 Å². The van der Waals surface area contributed by atoms with Gasteiger partial charge in [-0.05, 0) is 89.2 Å². The van der Waals surface area contributed by atoms with Crippen LogP contribution in [0.25, 0.3) is 0 Å². The van der Waals surface area contributed by atoms with Crippen LogP contribution >= 0.6 is 0 Å². The van der Waals surface area contributed by atoms with Crippen LogP contribution in [-0.4, -0.2) is 60.3 Å². The molecule has 33 heavy (non-hydrogen) atoms. The molecule has 0 aliphatic heterocycles. The van der Waals surface area contributed by atoms with Crippen molar-refractivity contribution in [2.75, 3.05) is 0 Å². The van der Waals surface area contributed by atoms with Crippen molar-refractivity contribution in [3.8, 4) is 0 Å². The lowest BCUT2D eigenvalue weighted by molar-refractivity contribution is -0.169. The minimum Gasteiger partial charge on any atom is -0.390 e. The SMILES string of the molecule is CC(C)(O)CC[C@@H](O)[C@](C)(O)[C@H]1CC[C@@]2(O)C3=CC(=O)[C@@H]4C[C@@H](O)C=C[C@]4(C)[C@H]3CC[C@]12C. The van der Waals surface area contributed by atoms with E-state index >= 15 is 0 Å². The zero-order valence-corrected chi connectivity index (χ0v) is 20.7. The zero-order valence-electron chi connectivity index (χ0n) is 20.7. The minimum atomic E-state index is -1.43. The van der Waals surface area contributed by atoms with Gasteiger partial charge in [-0.1, -0.05) is 26.0 Å². The van der Waals surface area contributed by atoms with Crippen LogP contribution in [0.5, 0.6) is 0 Å². The summed E-state index contributed by atoms with van der Waals surface area (Å²) in [6.07, 6.45) is 7.23. The van der Waals surface area contributed by atoms with Crippen molar-refractivity contribution in [1.29, 1.82) is 0 Å². The van der Waals surface area contributed by atoms with Crippen LogP contribution in [0.2, 0.25) is 0 Å². The number of rotatable bonds is 5. The van der Waals surface area contributed by atoms with Crippen molar-refractivity contribution >= 4 is 5.78 Å². The maximum absolute atomic E-state index is 13.2. The molecule has 0 aromatic carbocycles. The first kappa shape index (κ1) is 25.1. The van der Waals surface area contributed by atoms with E-state index in [1.54, 1.807) is 32.9 Å². The van der Waals surface area contributed by atoms with Crippen LogP contribution < -0.4 is 0 Å². The molecule has 6 nitrogen and oxygen atoms in total. The molecule has 0 aromatic rings. The summed E-state index contributed by atoms with van der Waals surface area (Å²) < 4.78 is 0. The zero-order chi connectivity index (χ0) is 24.6. The number of aliphatic hydroxyl groups excluding tert-OH is 2. The van der Waals surface area contributed by atoms with E-state index in [0.29, 0.717) is 32.1 Å². The van der Waals surface area contributed by atoms with Gasteiger partial charge in [-0.25, -0.2) is 0 Å². The topological polar surface area (TPSA) is 118 Å². The van der Waals surface area contributed by atoms with Gasteiger partial charge >= 0.3 is 0 Å². The first-order chi connectivity index (χ1) is 15.1. The molecular formula is C27H42O6. The molecule has 9 atom stereocenters. The van der Waals surface area contributed by atoms with E-state index < -0.39 is 39.8 Å². The Kier molecular flexibility index (Phi) is 5.86. The van der Waals surface area contributed by atoms with E-state index in [1.165, 1.54) is 0 Å². The number of fused-ring (bicyclic) bond motifs is 5. The summed E-state index contributed by atoms with van der Waals surface area (Å²) in [5.41, 5.74) is -3.95. The minimum absolute atomic E-state index is 0.00540. The Hall–Kier alpha value is -1.05. The fraction of sp³-hybridized carbons (Fsp3) is 0.815. The second-order valence-corrected chi connectivity index (χ2v) is 12.6. The predicted octanol–water partition coefficient (Wildman–Crippen LogP) is 2.66. The Morgan fingerprint density at radius 2 is 1.79 bits per heavy atom. The first-order valence-electron chi connectivity index (χ1n) is 12.5. The van der Waals surface area contributed by atoms with E-state index in [2.05, 4.69) is 6.92 Å². The highest BCUT2D eigenvalue weighted by Crippen LogP contribution is 2.68. The fourth-order valence-corrected chi connectivity index (χ4v) is 7.85. The Labute approximate surface area is 197 Å². The number of hydrogen-bond acceptors (Lipinski definition) is 6. The summed E-state index contributed by atoms with van der Waals surface area (Å²) in [6, 6.07) is 0. The molecular weight excluding hydrogens is 420 g/mol. The highest BCUT2D eigenvalue weighted by molar-refractivity contribution is 5.95. The van der Waals surface area contributed by atoms with Gasteiger partial charge in [-0.15, -0.1) is 0 Å². The number of carbonyl (C=O) groups is 1. The third kappa shape index (κ3) is 3.68. The summed E-state index contributed by atoms with van der Waals surface area (Å²) in [5.74, 6) is -0.669. The molecule has 2 fully saturated rings. The summed E-state index contributed by atoms with van der Waals surface area (Å²) in [5, 5.41) is 54.9. The first-order valence-corrected chi connectivity index (χ1v) is 12.5. The Balaban J connectivity index is 1.67. The molecule has 0 aromatic heterocycles. The maximum atomic E-state index is 13.2. The van der Waals surface area contributed by atoms with Crippen LogP contribution in [0, 0.1) is 28.6 Å². The smallest absolute Gasteiger partial charge is 0.159 e. The van der Waals surface area contributed by atoms with Crippen molar-refractivity contribution in [1.82, 2.24) is 0 Å². The second kappa shape index (κ2) is 7.72. The van der Waals surface area contributed by atoms with Crippen molar-refractivity contribution < 1.29 is 30.3 Å². The highest BCUT2D eigenvalue weighted by atomic mass is 16.3. The third-order valence-corrected chi connectivity index (χ3v) is 10.0.